The van der Waals surface area contributed by atoms with Crippen molar-refractivity contribution < 1.29 is 0 Å². The van der Waals surface area contributed by atoms with Crippen LogP contribution >= 0.6 is 11.3 Å². The van der Waals surface area contributed by atoms with Crippen molar-refractivity contribution in [1.82, 2.24) is 9.97 Å². The maximum absolute atomic E-state index is 4.51. The van der Waals surface area contributed by atoms with Crippen molar-refractivity contribution in [3.05, 3.63) is 42.7 Å². The highest BCUT2D eigenvalue weighted by Crippen LogP contribution is 2.36. The summed E-state index contributed by atoms with van der Waals surface area (Å²) in [5.74, 6) is 0. The summed E-state index contributed by atoms with van der Waals surface area (Å²) in [7, 11) is 0. The first kappa shape index (κ1) is 8.30. The van der Waals surface area contributed by atoms with E-state index in [1.54, 1.807) is 11.3 Å². The fourth-order valence-electron chi connectivity index (χ4n) is 2.21. The molecule has 2 nitrogen and oxygen atoms in total. The Labute approximate surface area is 95.5 Å². The largest absolute Gasteiger partial charge is 0.360 e. The van der Waals surface area contributed by atoms with Gasteiger partial charge in [0, 0.05) is 27.1 Å². The van der Waals surface area contributed by atoms with Crippen molar-refractivity contribution in [2.45, 2.75) is 0 Å². The van der Waals surface area contributed by atoms with Gasteiger partial charge in [-0.15, -0.1) is 11.3 Å². The number of nitrogens with zero attached hydrogens (tertiary/aromatic N) is 1. The molecule has 1 N–H and O–H groups in total. The van der Waals surface area contributed by atoms with E-state index >= 15 is 0 Å². The number of aromatic nitrogens is 2. The molecule has 3 heteroatoms. The van der Waals surface area contributed by atoms with Crippen LogP contribution in [0.5, 0.6) is 0 Å². The van der Waals surface area contributed by atoms with E-state index < -0.39 is 0 Å². The second-order valence-corrected chi connectivity index (χ2v) is 4.87. The van der Waals surface area contributed by atoms with Gasteiger partial charge < -0.3 is 4.98 Å². The third kappa shape index (κ3) is 0.933. The molecule has 0 unspecified atom stereocenters. The van der Waals surface area contributed by atoms with Crippen LogP contribution in [0.2, 0.25) is 0 Å². The summed E-state index contributed by atoms with van der Waals surface area (Å²) in [5, 5.41) is 3.85. The molecule has 76 valence electrons. The van der Waals surface area contributed by atoms with Crippen LogP contribution in [-0.4, -0.2) is 9.97 Å². The van der Waals surface area contributed by atoms with Crippen LogP contribution in [0, 0.1) is 0 Å². The standard InChI is InChI=1S/C13H8N2S/c1-2-4-11-9(3-1)12-8-5-6-14-10(8)7-15-13(12)16-11/h1-7,14H. The van der Waals surface area contributed by atoms with E-state index in [1.165, 1.54) is 20.9 Å². The molecule has 4 aromatic rings. The number of benzene rings is 1. The highest BCUT2D eigenvalue weighted by Gasteiger charge is 2.09. The highest BCUT2D eigenvalue weighted by molar-refractivity contribution is 7.25. The zero-order valence-electron chi connectivity index (χ0n) is 8.40. The van der Waals surface area contributed by atoms with E-state index in [4.69, 9.17) is 0 Å². The van der Waals surface area contributed by atoms with Gasteiger partial charge >= 0.3 is 0 Å². The van der Waals surface area contributed by atoms with E-state index in [0.29, 0.717) is 0 Å². The van der Waals surface area contributed by atoms with Gasteiger partial charge in [0.2, 0.25) is 0 Å². The number of aromatic amines is 1. The first-order chi connectivity index (χ1) is 7.93. The van der Waals surface area contributed by atoms with E-state index in [1.807, 2.05) is 12.4 Å². The number of fused-ring (bicyclic) bond motifs is 5. The lowest BCUT2D eigenvalue weighted by atomic mass is 10.1. The summed E-state index contributed by atoms with van der Waals surface area (Å²) in [4.78, 5) is 8.83. The molecular weight excluding hydrogens is 216 g/mol. The van der Waals surface area contributed by atoms with Crippen LogP contribution in [0.15, 0.2) is 42.7 Å². The van der Waals surface area contributed by atoms with Gasteiger partial charge in [-0.3, -0.25) is 0 Å². The Balaban J connectivity index is 2.42. The summed E-state index contributed by atoms with van der Waals surface area (Å²) < 4.78 is 1.30. The third-order valence-corrected chi connectivity index (χ3v) is 4.01. The minimum absolute atomic E-state index is 1.11. The van der Waals surface area contributed by atoms with Crippen molar-refractivity contribution in [2.75, 3.05) is 0 Å². The molecule has 0 aliphatic heterocycles. The molecule has 0 aliphatic rings. The van der Waals surface area contributed by atoms with E-state index in [2.05, 4.69) is 40.3 Å². The molecule has 0 spiro atoms. The van der Waals surface area contributed by atoms with Crippen molar-refractivity contribution >= 4 is 42.5 Å². The Hall–Kier alpha value is -1.87. The number of H-pyrrole nitrogens is 1. The van der Waals surface area contributed by atoms with Gasteiger partial charge in [-0.25, -0.2) is 4.98 Å². The van der Waals surface area contributed by atoms with Crippen molar-refractivity contribution in [3.63, 3.8) is 0 Å². The number of hydrogen-bond donors (Lipinski definition) is 1. The number of hydrogen-bond acceptors (Lipinski definition) is 2. The number of pyridine rings is 1. The van der Waals surface area contributed by atoms with Crippen LogP contribution in [0.1, 0.15) is 0 Å². The van der Waals surface area contributed by atoms with Gasteiger partial charge in [-0.2, -0.15) is 0 Å². The Morgan fingerprint density at radius 2 is 2.00 bits per heavy atom. The van der Waals surface area contributed by atoms with Crippen molar-refractivity contribution in [1.29, 1.82) is 0 Å². The monoisotopic (exact) mass is 224 g/mol. The van der Waals surface area contributed by atoms with Gasteiger partial charge in [0.15, 0.2) is 0 Å². The van der Waals surface area contributed by atoms with Gasteiger partial charge in [0.05, 0.1) is 11.7 Å². The Kier molecular flexibility index (Phi) is 1.47. The first-order valence-electron chi connectivity index (χ1n) is 5.17. The molecule has 0 amide bonds. The molecule has 0 fully saturated rings. The lowest BCUT2D eigenvalue weighted by molar-refractivity contribution is 1.41. The molecular formula is C13H8N2S. The Morgan fingerprint density at radius 1 is 1.06 bits per heavy atom. The number of nitrogens with one attached hydrogen (secondary N) is 1. The summed E-state index contributed by atoms with van der Waals surface area (Å²) in [6.45, 7) is 0. The minimum atomic E-state index is 1.11. The van der Waals surface area contributed by atoms with Crippen molar-refractivity contribution in [3.8, 4) is 0 Å². The Morgan fingerprint density at radius 3 is 3.00 bits per heavy atom. The second-order valence-electron chi connectivity index (χ2n) is 3.84. The Bertz CT molecular complexity index is 810. The number of rotatable bonds is 0. The lowest BCUT2D eigenvalue weighted by Crippen LogP contribution is -1.74. The molecule has 0 bridgehead atoms. The predicted octanol–water partition coefficient (Wildman–Crippen LogP) is 3.93. The smallest absolute Gasteiger partial charge is 0.125 e. The SMILES string of the molecule is c1ccc2c(c1)sc1ncc3[nH]ccc3c12. The van der Waals surface area contributed by atoms with Crippen LogP contribution in [0.3, 0.4) is 0 Å². The average molecular weight is 224 g/mol. The van der Waals surface area contributed by atoms with Crippen LogP contribution in [-0.2, 0) is 0 Å². The average Bonchev–Trinajstić information content (AvgIpc) is 2.91. The maximum atomic E-state index is 4.51. The molecule has 0 radical (unpaired) electrons. The van der Waals surface area contributed by atoms with Crippen LogP contribution in [0.4, 0.5) is 0 Å². The van der Waals surface area contributed by atoms with E-state index in [0.717, 1.165) is 10.3 Å². The molecule has 0 saturated heterocycles. The molecule has 3 aromatic heterocycles. The highest BCUT2D eigenvalue weighted by atomic mass is 32.1. The molecule has 0 saturated carbocycles. The van der Waals surface area contributed by atoms with Gasteiger partial charge in [-0.05, 0) is 12.1 Å². The molecule has 0 atom stereocenters. The summed E-state index contributed by atoms with van der Waals surface area (Å²) >= 11 is 1.75. The normalized spacial score (nSPS) is 11.8. The van der Waals surface area contributed by atoms with Gasteiger partial charge in [0.25, 0.3) is 0 Å². The second kappa shape index (κ2) is 2.83. The van der Waals surface area contributed by atoms with E-state index in [9.17, 15) is 0 Å². The fraction of sp³-hybridized carbons (Fsp3) is 0. The number of thiophene rings is 1. The molecule has 1 aromatic carbocycles. The van der Waals surface area contributed by atoms with Crippen LogP contribution < -0.4 is 0 Å². The summed E-state index contributed by atoms with van der Waals surface area (Å²) in [6, 6.07) is 10.6. The van der Waals surface area contributed by atoms with E-state index in [-0.39, 0.29) is 0 Å². The molecule has 4 rings (SSSR count). The van der Waals surface area contributed by atoms with Gasteiger partial charge in [0.1, 0.15) is 4.83 Å². The van der Waals surface area contributed by atoms with Crippen molar-refractivity contribution in [2.24, 2.45) is 0 Å². The van der Waals surface area contributed by atoms with Crippen LogP contribution in [0.25, 0.3) is 31.2 Å². The topological polar surface area (TPSA) is 28.7 Å². The third-order valence-electron chi connectivity index (χ3n) is 2.94. The quantitative estimate of drug-likeness (QED) is 0.481. The molecule has 3 heterocycles. The minimum Gasteiger partial charge on any atom is -0.360 e. The predicted molar refractivity (Wildman–Crippen MR) is 69.0 cm³/mol. The molecule has 16 heavy (non-hydrogen) atoms. The maximum Gasteiger partial charge on any atom is 0.125 e. The lowest BCUT2D eigenvalue weighted by Gasteiger charge is -1.93. The van der Waals surface area contributed by atoms with Gasteiger partial charge in [-0.1, -0.05) is 18.2 Å². The molecule has 0 aliphatic carbocycles. The fourth-order valence-corrected chi connectivity index (χ4v) is 3.28. The zero-order valence-corrected chi connectivity index (χ0v) is 9.21. The summed E-state index contributed by atoms with van der Waals surface area (Å²) in [5.41, 5.74) is 1.11. The first-order valence-corrected chi connectivity index (χ1v) is 5.98. The summed E-state index contributed by atoms with van der Waals surface area (Å²) in [6.07, 6.45) is 3.88. The zero-order chi connectivity index (χ0) is 10.5.